The van der Waals surface area contributed by atoms with Gasteiger partial charge in [0.25, 0.3) is 5.91 Å². The number of aromatic nitrogens is 2. The summed E-state index contributed by atoms with van der Waals surface area (Å²) in [5.41, 5.74) is 4.05. The highest BCUT2D eigenvalue weighted by Crippen LogP contribution is 2.28. The van der Waals surface area contributed by atoms with Gasteiger partial charge < -0.3 is 10.6 Å². The molecule has 0 saturated carbocycles. The molecule has 0 bridgehead atoms. The maximum atomic E-state index is 12.8. The fourth-order valence-corrected chi connectivity index (χ4v) is 4.06. The van der Waals surface area contributed by atoms with Crippen molar-refractivity contribution >= 4 is 16.9 Å². The molecule has 2 aromatic rings. The topological polar surface area (TPSA) is 66.9 Å². The molecule has 25 heavy (non-hydrogen) atoms. The maximum Gasteiger partial charge on any atom is 0.251 e. The SMILES string of the molecule is Cc1nc2ccc(C(=O)NC3CC(C)(C)NC(C)(C)C3)cc2nc1C. The number of aryl methyl sites for hydroxylation is 2. The molecule has 5 nitrogen and oxygen atoms in total. The second kappa shape index (κ2) is 6.06. The summed E-state index contributed by atoms with van der Waals surface area (Å²) in [7, 11) is 0. The third-order valence-electron chi connectivity index (χ3n) is 4.86. The van der Waals surface area contributed by atoms with E-state index in [0.29, 0.717) is 5.56 Å². The summed E-state index contributed by atoms with van der Waals surface area (Å²) in [6.07, 6.45) is 1.82. The van der Waals surface area contributed by atoms with Gasteiger partial charge in [-0.2, -0.15) is 0 Å². The maximum absolute atomic E-state index is 12.8. The molecule has 0 radical (unpaired) electrons. The Hall–Kier alpha value is -2.01. The molecule has 2 heterocycles. The lowest BCUT2D eigenvalue weighted by Crippen LogP contribution is -2.62. The molecule has 0 atom stereocenters. The molecule has 0 aliphatic carbocycles. The second-order valence-electron chi connectivity index (χ2n) is 8.57. The van der Waals surface area contributed by atoms with Gasteiger partial charge in [-0.25, -0.2) is 9.97 Å². The summed E-state index contributed by atoms with van der Waals surface area (Å²) in [6, 6.07) is 5.69. The first-order valence-electron chi connectivity index (χ1n) is 8.90. The van der Waals surface area contributed by atoms with Crippen molar-refractivity contribution in [3.8, 4) is 0 Å². The Bertz CT molecular complexity index is 810. The molecule has 0 spiro atoms. The molecule has 1 aliphatic heterocycles. The van der Waals surface area contributed by atoms with Gasteiger partial charge in [0, 0.05) is 22.7 Å². The van der Waals surface area contributed by atoms with Crippen LogP contribution in [0.3, 0.4) is 0 Å². The number of rotatable bonds is 2. The molecule has 134 valence electrons. The number of carbonyl (C=O) groups is 1. The Kier molecular flexibility index (Phi) is 4.31. The first-order chi connectivity index (χ1) is 11.5. The fourth-order valence-electron chi connectivity index (χ4n) is 4.06. The predicted molar refractivity (Wildman–Crippen MR) is 101 cm³/mol. The van der Waals surface area contributed by atoms with Crippen LogP contribution < -0.4 is 10.6 Å². The highest BCUT2D eigenvalue weighted by Gasteiger charge is 2.38. The number of carbonyl (C=O) groups excluding carboxylic acids is 1. The number of fused-ring (bicyclic) bond motifs is 1. The molecule has 1 fully saturated rings. The smallest absolute Gasteiger partial charge is 0.251 e. The Balaban J connectivity index is 1.81. The summed E-state index contributed by atoms with van der Waals surface area (Å²) in [4.78, 5) is 21.8. The van der Waals surface area contributed by atoms with Crippen LogP contribution in [-0.2, 0) is 0 Å². The van der Waals surface area contributed by atoms with E-state index in [2.05, 4.69) is 48.3 Å². The van der Waals surface area contributed by atoms with E-state index in [0.717, 1.165) is 35.3 Å². The van der Waals surface area contributed by atoms with Crippen molar-refractivity contribution in [1.29, 1.82) is 0 Å². The minimum Gasteiger partial charge on any atom is -0.349 e. The summed E-state index contributed by atoms with van der Waals surface area (Å²) in [5, 5.41) is 6.85. The van der Waals surface area contributed by atoms with Gasteiger partial charge in [0.05, 0.1) is 22.4 Å². The summed E-state index contributed by atoms with van der Waals surface area (Å²) in [6.45, 7) is 12.6. The number of piperidine rings is 1. The van der Waals surface area contributed by atoms with E-state index < -0.39 is 0 Å². The third kappa shape index (κ3) is 3.98. The zero-order valence-corrected chi connectivity index (χ0v) is 16.0. The summed E-state index contributed by atoms with van der Waals surface area (Å²) in [5.74, 6) is -0.0413. The number of benzene rings is 1. The first kappa shape index (κ1) is 17.8. The van der Waals surface area contributed by atoms with Crippen LogP contribution in [0.2, 0.25) is 0 Å². The van der Waals surface area contributed by atoms with Gasteiger partial charge in [0.15, 0.2) is 0 Å². The predicted octanol–water partition coefficient (Wildman–Crippen LogP) is 3.29. The normalized spacial score (nSPS) is 19.8. The number of nitrogens with one attached hydrogen (secondary N) is 2. The van der Waals surface area contributed by atoms with Crippen LogP contribution in [0.4, 0.5) is 0 Å². The van der Waals surface area contributed by atoms with E-state index >= 15 is 0 Å². The molecular weight excluding hydrogens is 312 g/mol. The molecular formula is C20H28N4O. The van der Waals surface area contributed by atoms with Crippen LogP contribution in [0.1, 0.15) is 62.3 Å². The number of hydrogen-bond acceptors (Lipinski definition) is 4. The standard InChI is InChI=1S/C20H28N4O/c1-12-13(2)22-17-9-14(7-8-16(17)21-12)18(25)23-15-10-19(3,4)24-20(5,6)11-15/h7-9,15,24H,10-11H2,1-6H3,(H,23,25). The van der Waals surface area contributed by atoms with Crippen molar-refractivity contribution in [3.63, 3.8) is 0 Å². The second-order valence-corrected chi connectivity index (χ2v) is 8.57. The highest BCUT2D eigenvalue weighted by atomic mass is 16.1. The zero-order valence-electron chi connectivity index (χ0n) is 16.0. The Morgan fingerprint density at radius 2 is 1.60 bits per heavy atom. The van der Waals surface area contributed by atoms with Crippen molar-refractivity contribution in [1.82, 2.24) is 20.6 Å². The van der Waals surface area contributed by atoms with Crippen LogP contribution >= 0.6 is 0 Å². The van der Waals surface area contributed by atoms with Crippen LogP contribution in [0.15, 0.2) is 18.2 Å². The van der Waals surface area contributed by atoms with Gasteiger partial charge in [0.2, 0.25) is 0 Å². The van der Waals surface area contributed by atoms with E-state index in [1.54, 1.807) is 0 Å². The van der Waals surface area contributed by atoms with Crippen molar-refractivity contribution in [2.75, 3.05) is 0 Å². The van der Waals surface area contributed by atoms with E-state index in [1.165, 1.54) is 0 Å². The van der Waals surface area contributed by atoms with E-state index in [-0.39, 0.29) is 23.0 Å². The molecule has 1 aliphatic rings. The number of hydrogen-bond donors (Lipinski definition) is 2. The van der Waals surface area contributed by atoms with Gasteiger partial charge in [-0.05, 0) is 72.6 Å². The number of nitrogens with zero attached hydrogens (tertiary/aromatic N) is 2. The van der Waals surface area contributed by atoms with Gasteiger partial charge in [-0.3, -0.25) is 4.79 Å². The van der Waals surface area contributed by atoms with Crippen molar-refractivity contribution in [3.05, 3.63) is 35.2 Å². The average Bonchev–Trinajstić information content (AvgIpc) is 2.44. The largest absolute Gasteiger partial charge is 0.349 e. The van der Waals surface area contributed by atoms with Gasteiger partial charge in [0.1, 0.15) is 0 Å². The van der Waals surface area contributed by atoms with Gasteiger partial charge >= 0.3 is 0 Å². The van der Waals surface area contributed by atoms with Gasteiger partial charge in [-0.1, -0.05) is 0 Å². The van der Waals surface area contributed by atoms with Crippen LogP contribution in [0, 0.1) is 13.8 Å². The van der Waals surface area contributed by atoms with Crippen LogP contribution in [-0.4, -0.2) is 33.0 Å². The van der Waals surface area contributed by atoms with E-state index in [9.17, 15) is 4.79 Å². The average molecular weight is 340 g/mol. The Morgan fingerprint density at radius 3 is 2.20 bits per heavy atom. The third-order valence-corrected chi connectivity index (χ3v) is 4.86. The summed E-state index contributed by atoms with van der Waals surface area (Å²) >= 11 is 0. The highest BCUT2D eigenvalue weighted by molar-refractivity contribution is 5.97. The molecule has 1 aromatic carbocycles. The minimum absolute atomic E-state index is 0.00317. The molecule has 1 amide bonds. The quantitative estimate of drug-likeness (QED) is 0.880. The molecule has 0 unspecified atom stereocenters. The lowest BCUT2D eigenvalue weighted by molar-refractivity contribution is 0.0873. The summed E-state index contributed by atoms with van der Waals surface area (Å²) < 4.78 is 0. The van der Waals surface area contributed by atoms with Gasteiger partial charge in [-0.15, -0.1) is 0 Å². The monoisotopic (exact) mass is 340 g/mol. The molecule has 2 N–H and O–H groups in total. The lowest BCUT2D eigenvalue weighted by Gasteiger charge is -2.46. The number of amides is 1. The molecule has 5 heteroatoms. The fraction of sp³-hybridized carbons (Fsp3) is 0.550. The minimum atomic E-state index is -0.0413. The van der Waals surface area contributed by atoms with Crippen LogP contribution in [0.25, 0.3) is 11.0 Å². The Morgan fingerprint density at radius 1 is 1.04 bits per heavy atom. The first-order valence-corrected chi connectivity index (χ1v) is 8.90. The Labute approximate surface area is 149 Å². The van der Waals surface area contributed by atoms with Crippen LogP contribution in [0.5, 0.6) is 0 Å². The van der Waals surface area contributed by atoms with Crippen molar-refractivity contribution in [2.45, 2.75) is 71.5 Å². The molecule has 1 aromatic heterocycles. The molecule has 1 saturated heterocycles. The van der Waals surface area contributed by atoms with Crippen molar-refractivity contribution in [2.24, 2.45) is 0 Å². The molecule has 3 rings (SSSR count). The zero-order chi connectivity index (χ0) is 18.4. The van der Waals surface area contributed by atoms with Crippen molar-refractivity contribution < 1.29 is 4.79 Å². The lowest BCUT2D eigenvalue weighted by atomic mass is 9.79. The van der Waals surface area contributed by atoms with E-state index in [4.69, 9.17) is 0 Å². The van der Waals surface area contributed by atoms with E-state index in [1.807, 2.05) is 32.0 Å².